The van der Waals surface area contributed by atoms with Crippen molar-refractivity contribution in [2.45, 2.75) is 39.2 Å². The molecule has 0 radical (unpaired) electrons. The quantitative estimate of drug-likeness (QED) is 0.489. The van der Waals surface area contributed by atoms with Gasteiger partial charge in [-0.3, -0.25) is 4.79 Å². The van der Waals surface area contributed by atoms with E-state index in [4.69, 9.17) is 4.74 Å². The van der Waals surface area contributed by atoms with Gasteiger partial charge in [-0.15, -0.1) is 11.3 Å². The molecular formula is C25H24F2N2O4S. The molecule has 0 spiro atoms. The number of thiazole rings is 1. The number of amides is 1. The molecule has 1 amide bonds. The highest BCUT2D eigenvalue weighted by Gasteiger charge is 2.32. The Hall–Kier alpha value is -3.33. The van der Waals surface area contributed by atoms with E-state index in [0.717, 1.165) is 47.4 Å². The monoisotopic (exact) mass is 486 g/mol. The predicted octanol–water partition coefficient (Wildman–Crippen LogP) is 5.63. The Labute approximate surface area is 199 Å². The Morgan fingerprint density at radius 1 is 1.18 bits per heavy atom. The SMILES string of the molecule is CC(C)C(c1ncc(C(=O)O)s1)N1CCCc2ccc(Oc3ccc(F)cc3F)cc2CC1=O. The van der Waals surface area contributed by atoms with Gasteiger partial charge in [0.2, 0.25) is 5.91 Å². The van der Waals surface area contributed by atoms with Gasteiger partial charge in [-0.25, -0.2) is 18.6 Å². The maximum atomic E-state index is 14.0. The van der Waals surface area contributed by atoms with Crippen molar-refractivity contribution in [2.24, 2.45) is 5.92 Å². The third-order valence-electron chi connectivity index (χ3n) is 5.76. The summed E-state index contributed by atoms with van der Waals surface area (Å²) < 4.78 is 32.8. The van der Waals surface area contributed by atoms with Crippen LogP contribution in [0.15, 0.2) is 42.6 Å². The molecule has 1 atom stereocenters. The molecule has 0 aliphatic carbocycles. The number of carbonyl (C=O) groups is 2. The van der Waals surface area contributed by atoms with Gasteiger partial charge in [0, 0.05) is 12.6 Å². The summed E-state index contributed by atoms with van der Waals surface area (Å²) in [6.07, 6.45) is 2.93. The van der Waals surface area contributed by atoms with Crippen LogP contribution in [0.1, 0.15) is 52.1 Å². The zero-order chi connectivity index (χ0) is 24.4. The molecule has 0 fully saturated rings. The molecule has 1 unspecified atom stereocenters. The number of fused-ring (bicyclic) bond motifs is 1. The van der Waals surface area contributed by atoms with Gasteiger partial charge in [-0.2, -0.15) is 0 Å². The first-order valence-electron chi connectivity index (χ1n) is 11.0. The second-order valence-corrected chi connectivity index (χ2v) is 9.59. The van der Waals surface area contributed by atoms with Crippen molar-refractivity contribution in [1.29, 1.82) is 0 Å². The number of carboxylic acid groups (broad SMARTS) is 1. The summed E-state index contributed by atoms with van der Waals surface area (Å²) in [4.78, 5) is 30.9. The minimum absolute atomic E-state index is 0.0340. The van der Waals surface area contributed by atoms with Gasteiger partial charge < -0.3 is 14.7 Å². The molecule has 2 heterocycles. The van der Waals surface area contributed by atoms with Crippen LogP contribution in [0.25, 0.3) is 0 Å². The van der Waals surface area contributed by atoms with Crippen molar-refractivity contribution in [3.8, 4) is 11.5 Å². The second kappa shape index (κ2) is 9.89. The normalized spacial score (nSPS) is 15.0. The van der Waals surface area contributed by atoms with E-state index in [-0.39, 0.29) is 34.9 Å². The van der Waals surface area contributed by atoms with E-state index >= 15 is 0 Å². The minimum Gasteiger partial charge on any atom is -0.477 e. The van der Waals surface area contributed by atoms with Gasteiger partial charge in [0.05, 0.1) is 18.7 Å². The van der Waals surface area contributed by atoms with Crippen LogP contribution in [-0.4, -0.2) is 33.4 Å². The molecule has 2 aromatic carbocycles. The third kappa shape index (κ3) is 5.09. The molecule has 1 aliphatic rings. The van der Waals surface area contributed by atoms with Crippen LogP contribution in [0.2, 0.25) is 0 Å². The van der Waals surface area contributed by atoms with Crippen LogP contribution in [-0.2, 0) is 17.6 Å². The fraction of sp³-hybridized carbons (Fsp3) is 0.320. The van der Waals surface area contributed by atoms with Crippen molar-refractivity contribution in [1.82, 2.24) is 9.88 Å². The van der Waals surface area contributed by atoms with E-state index < -0.39 is 17.6 Å². The second-order valence-electron chi connectivity index (χ2n) is 8.53. The maximum Gasteiger partial charge on any atom is 0.347 e. The van der Waals surface area contributed by atoms with E-state index in [1.165, 1.54) is 12.3 Å². The average Bonchev–Trinajstić information content (AvgIpc) is 3.25. The van der Waals surface area contributed by atoms with Gasteiger partial charge in [-0.1, -0.05) is 19.9 Å². The van der Waals surface area contributed by atoms with Crippen LogP contribution in [0.3, 0.4) is 0 Å². The van der Waals surface area contributed by atoms with Crippen LogP contribution >= 0.6 is 11.3 Å². The molecule has 34 heavy (non-hydrogen) atoms. The summed E-state index contributed by atoms with van der Waals surface area (Å²) in [5, 5.41) is 9.87. The van der Waals surface area contributed by atoms with Crippen LogP contribution in [0, 0.1) is 17.6 Å². The van der Waals surface area contributed by atoms with Crippen molar-refractivity contribution in [3.63, 3.8) is 0 Å². The zero-order valence-electron chi connectivity index (χ0n) is 18.8. The van der Waals surface area contributed by atoms with Gasteiger partial charge in [0.25, 0.3) is 0 Å². The number of halogens is 2. The molecule has 6 nitrogen and oxygen atoms in total. The number of hydrogen-bond donors (Lipinski definition) is 1. The van der Waals surface area contributed by atoms with E-state index in [0.29, 0.717) is 17.3 Å². The fourth-order valence-corrected chi connectivity index (χ4v) is 5.23. The van der Waals surface area contributed by atoms with E-state index in [1.807, 2.05) is 19.9 Å². The molecule has 3 aromatic rings. The van der Waals surface area contributed by atoms with Crippen LogP contribution < -0.4 is 4.74 Å². The Morgan fingerprint density at radius 2 is 1.97 bits per heavy atom. The number of nitrogens with zero attached hydrogens (tertiary/aromatic N) is 2. The number of aromatic nitrogens is 1. The largest absolute Gasteiger partial charge is 0.477 e. The molecular weight excluding hydrogens is 462 g/mol. The molecule has 1 aliphatic heterocycles. The highest BCUT2D eigenvalue weighted by molar-refractivity contribution is 7.13. The molecule has 1 aromatic heterocycles. The number of aryl methyl sites for hydroxylation is 1. The molecule has 1 N–H and O–H groups in total. The number of carbonyl (C=O) groups excluding carboxylic acids is 1. The lowest BCUT2D eigenvalue weighted by atomic mass is 9.95. The molecule has 0 saturated carbocycles. The number of benzene rings is 2. The van der Waals surface area contributed by atoms with Gasteiger partial charge >= 0.3 is 5.97 Å². The third-order valence-corrected chi connectivity index (χ3v) is 6.82. The zero-order valence-corrected chi connectivity index (χ0v) is 19.6. The first-order chi connectivity index (χ1) is 16.2. The Balaban J connectivity index is 1.59. The van der Waals surface area contributed by atoms with Crippen molar-refractivity contribution in [3.05, 3.63) is 75.2 Å². The summed E-state index contributed by atoms with van der Waals surface area (Å²) in [5.41, 5.74) is 1.80. The summed E-state index contributed by atoms with van der Waals surface area (Å²) in [5.74, 6) is -2.34. The Bertz CT molecular complexity index is 1230. The first kappa shape index (κ1) is 23.8. The van der Waals surface area contributed by atoms with Gasteiger partial charge in [0.1, 0.15) is 21.5 Å². The van der Waals surface area contributed by atoms with Crippen molar-refractivity contribution >= 4 is 23.2 Å². The molecule has 178 valence electrons. The number of rotatable bonds is 6. The van der Waals surface area contributed by atoms with Crippen molar-refractivity contribution in [2.75, 3.05) is 6.54 Å². The lowest BCUT2D eigenvalue weighted by Gasteiger charge is -2.35. The number of carboxylic acids is 1. The lowest BCUT2D eigenvalue weighted by molar-refractivity contribution is -0.134. The minimum atomic E-state index is -1.04. The molecule has 0 saturated heterocycles. The molecule has 9 heteroatoms. The highest BCUT2D eigenvalue weighted by Crippen LogP contribution is 2.34. The van der Waals surface area contributed by atoms with Gasteiger partial charge in [-0.05, 0) is 54.2 Å². The first-order valence-corrected chi connectivity index (χ1v) is 11.8. The summed E-state index contributed by atoms with van der Waals surface area (Å²) in [7, 11) is 0. The van der Waals surface area contributed by atoms with E-state index in [1.54, 1.807) is 17.0 Å². The van der Waals surface area contributed by atoms with E-state index in [2.05, 4.69) is 4.98 Å². The topological polar surface area (TPSA) is 79.7 Å². The lowest BCUT2D eigenvalue weighted by Crippen LogP contribution is -2.40. The summed E-state index contributed by atoms with van der Waals surface area (Å²) >= 11 is 1.09. The number of hydrogen-bond acceptors (Lipinski definition) is 5. The highest BCUT2D eigenvalue weighted by atomic mass is 32.1. The predicted molar refractivity (Wildman–Crippen MR) is 123 cm³/mol. The summed E-state index contributed by atoms with van der Waals surface area (Å²) in [6.45, 7) is 4.49. The molecule has 0 bridgehead atoms. The van der Waals surface area contributed by atoms with Crippen LogP contribution in [0.4, 0.5) is 8.78 Å². The number of ether oxygens (including phenoxy) is 1. The Morgan fingerprint density at radius 3 is 2.65 bits per heavy atom. The van der Waals surface area contributed by atoms with Crippen molar-refractivity contribution < 1.29 is 28.2 Å². The number of aromatic carboxylic acids is 1. The standard InChI is InChI=1S/C25H24F2N2O4S/c1-14(2)23(24-28-13-21(34-24)25(31)32)29-9-3-4-15-5-7-18(10-16(15)11-22(29)30)33-20-8-6-17(26)12-19(20)27/h5-8,10,12-14,23H,3-4,9,11H2,1-2H3,(H,31,32). The van der Waals surface area contributed by atoms with Gasteiger partial charge in [0.15, 0.2) is 11.6 Å². The Kier molecular flexibility index (Phi) is 6.92. The van der Waals surface area contributed by atoms with Crippen LogP contribution in [0.5, 0.6) is 11.5 Å². The van der Waals surface area contributed by atoms with E-state index in [9.17, 15) is 23.5 Å². The smallest absolute Gasteiger partial charge is 0.347 e. The molecule has 4 rings (SSSR count). The fourth-order valence-electron chi connectivity index (χ4n) is 4.18. The maximum absolute atomic E-state index is 14.0. The average molecular weight is 487 g/mol. The summed E-state index contributed by atoms with van der Waals surface area (Å²) in [6, 6.07) is 8.07.